The Labute approximate surface area is 118 Å². The van der Waals surface area contributed by atoms with Gasteiger partial charge in [0.1, 0.15) is 0 Å². The van der Waals surface area contributed by atoms with Gasteiger partial charge in [0.2, 0.25) is 0 Å². The fraction of sp³-hybridized carbons (Fsp3) is 0.417. The topological polar surface area (TPSA) is 38.9 Å². The van der Waals surface area contributed by atoms with Crippen LogP contribution in [0.3, 0.4) is 0 Å². The molecule has 0 radical (unpaired) electrons. The SMILES string of the molecule is CCC(CN)Cc1nc(-c2cc(Br)cs2)cs1. The summed E-state index contributed by atoms with van der Waals surface area (Å²) in [6, 6.07) is 2.11. The van der Waals surface area contributed by atoms with E-state index in [2.05, 4.69) is 44.7 Å². The maximum atomic E-state index is 5.73. The monoisotopic (exact) mass is 330 g/mol. The Hall–Kier alpha value is -0.230. The highest BCUT2D eigenvalue weighted by molar-refractivity contribution is 9.10. The number of thiophene rings is 1. The summed E-state index contributed by atoms with van der Waals surface area (Å²) in [6.07, 6.45) is 2.13. The van der Waals surface area contributed by atoms with Crippen LogP contribution in [-0.2, 0) is 6.42 Å². The number of hydrogen-bond donors (Lipinski definition) is 1. The molecule has 0 saturated heterocycles. The van der Waals surface area contributed by atoms with Gasteiger partial charge >= 0.3 is 0 Å². The fourth-order valence-corrected chi connectivity index (χ4v) is 3.98. The summed E-state index contributed by atoms with van der Waals surface area (Å²) in [5.41, 5.74) is 6.82. The molecule has 0 amide bonds. The lowest BCUT2D eigenvalue weighted by Gasteiger charge is -2.08. The van der Waals surface area contributed by atoms with Crippen LogP contribution in [0, 0.1) is 5.92 Å². The second-order valence-corrected chi connectivity index (χ2v) is 6.74. The standard InChI is InChI=1S/C12H15BrN2S2/c1-2-8(5-14)3-12-15-10(7-17-12)11-4-9(13)6-16-11/h4,6-8H,2-3,5,14H2,1H3. The van der Waals surface area contributed by atoms with E-state index in [9.17, 15) is 0 Å². The van der Waals surface area contributed by atoms with Gasteiger partial charge in [-0.05, 0) is 34.5 Å². The molecule has 0 aromatic carbocycles. The van der Waals surface area contributed by atoms with E-state index in [0.29, 0.717) is 5.92 Å². The van der Waals surface area contributed by atoms with Crippen LogP contribution in [0.2, 0.25) is 0 Å². The van der Waals surface area contributed by atoms with E-state index in [0.717, 1.165) is 29.6 Å². The van der Waals surface area contributed by atoms with E-state index in [4.69, 9.17) is 5.73 Å². The maximum absolute atomic E-state index is 5.73. The number of nitrogens with zero attached hydrogens (tertiary/aromatic N) is 1. The number of nitrogens with two attached hydrogens (primary N) is 1. The van der Waals surface area contributed by atoms with Gasteiger partial charge in [-0.1, -0.05) is 13.3 Å². The van der Waals surface area contributed by atoms with Crippen molar-refractivity contribution in [1.82, 2.24) is 4.98 Å². The molecular weight excluding hydrogens is 316 g/mol. The molecule has 1 atom stereocenters. The van der Waals surface area contributed by atoms with Gasteiger partial charge in [0.05, 0.1) is 15.6 Å². The number of aromatic nitrogens is 1. The summed E-state index contributed by atoms with van der Waals surface area (Å²) in [5, 5.41) is 5.42. The van der Waals surface area contributed by atoms with Crippen LogP contribution in [0.15, 0.2) is 21.3 Å². The van der Waals surface area contributed by atoms with E-state index < -0.39 is 0 Å². The van der Waals surface area contributed by atoms with Crippen molar-refractivity contribution in [1.29, 1.82) is 0 Å². The Morgan fingerprint density at radius 1 is 1.41 bits per heavy atom. The average molecular weight is 331 g/mol. The Balaban J connectivity index is 2.10. The number of halogens is 1. The zero-order valence-corrected chi connectivity index (χ0v) is 12.9. The van der Waals surface area contributed by atoms with Crippen LogP contribution >= 0.6 is 38.6 Å². The zero-order chi connectivity index (χ0) is 12.3. The molecule has 92 valence electrons. The minimum absolute atomic E-state index is 0.559. The third kappa shape index (κ3) is 3.37. The predicted octanol–water partition coefficient (Wildman–Crippen LogP) is 4.16. The highest BCUT2D eigenvalue weighted by atomic mass is 79.9. The van der Waals surface area contributed by atoms with E-state index in [-0.39, 0.29) is 0 Å². The highest BCUT2D eigenvalue weighted by Crippen LogP contribution is 2.31. The maximum Gasteiger partial charge on any atom is 0.0936 e. The molecule has 2 rings (SSSR count). The first-order chi connectivity index (χ1) is 8.22. The molecule has 2 N–H and O–H groups in total. The first kappa shape index (κ1) is 13.2. The summed E-state index contributed by atoms with van der Waals surface area (Å²) < 4.78 is 1.13. The summed E-state index contributed by atoms with van der Waals surface area (Å²) in [5.74, 6) is 0.559. The van der Waals surface area contributed by atoms with E-state index in [1.54, 1.807) is 22.7 Å². The summed E-state index contributed by atoms with van der Waals surface area (Å²) in [6.45, 7) is 2.93. The van der Waals surface area contributed by atoms with Crippen LogP contribution in [0.25, 0.3) is 10.6 Å². The van der Waals surface area contributed by atoms with Crippen LogP contribution in [-0.4, -0.2) is 11.5 Å². The molecule has 0 aliphatic rings. The first-order valence-corrected chi connectivity index (χ1v) is 8.17. The minimum atomic E-state index is 0.559. The second kappa shape index (κ2) is 6.09. The number of hydrogen-bond acceptors (Lipinski definition) is 4. The van der Waals surface area contributed by atoms with Gasteiger partial charge in [0.25, 0.3) is 0 Å². The van der Waals surface area contributed by atoms with Gasteiger partial charge in [0, 0.05) is 21.7 Å². The lowest BCUT2D eigenvalue weighted by Crippen LogP contribution is -2.15. The molecule has 17 heavy (non-hydrogen) atoms. The molecule has 2 nitrogen and oxygen atoms in total. The van der Waals surface area contributed by atoms with Gasteiger partial charge in [0.15, 0.2) is 0 Å². The Kier molecular flexibility index (Phi) is 4.73. The Morgan fingerprint density at radius 3 is 2.82 bits per heavy atom. The Bertz CT molecular complexity index is 474. The van der Waals surface area contributed by atoms with Crippen molar-refractivity contribution in [3.8, 4) is 10.6 Å². The Morgan fingerprint density at radius 2 is 2.24 bits per heavy atom. The van der Waals surface area contributed by atoms with Gasteiger partial charge in [-0.25, -0.2) is 4.98 Å². The van der Waals surface area contributed by atoms with E-state index >= 15 is 0 Å². The van der Waals surface area contributed by atoms with Gasteiger partial charge in [-0.15, -0.1) is 22.7 Å². The van der Waals surface area contributed by atoms with Crippen LogP contribution in [0.4, 0.5) is 0 Å². The summed E-state index contributed by atoms with van der Waals surface area (Å²) >= 11 is 6.92. The average Bonchev–Trinajstić information content (AvgIpc) is 2.94. The van der Waals surface area contributed by atoms with Crippen LogP contribution in [0.1, 0.15) is 18.4 Å². The fourth-order valence-electron chi connectivity index (χ4n) is 1.61. The lowest BCUT2D eigenvalue weighted by atomic mass is 10.0. The van der Waals surface area contributed by atoms with Gasteiger partial charge < -0.3 is 5.73 Å². The van der Waals surface area contributed by atoms with Gasteiger partial charge in [-0.2, -0.15) is 0 Å². The zero-order valence-electron chi connectivity index (χ0n) is 9.65. The van der Waals surface area contributed by atoms with Crippen LogP contribution < -0.4 is 5.73 Å². The lowest BCUT2D eigenvalue weighted by molar-refractivity contribution is 0.518. The highest BCUT2D eigenvalue weighted by Gasteiger charge is 2.10. The molecule has 0 saturated carbocycles. The molecule has 0 aliphatic heterocycles. The third-order valence-electron chi connectivity index (χ3n) is 2.75. The molecule has 2 aromatic heterocycles. The molecule has 0 bridgehead atoms. The molecule has 0 spiro atoms. The quantitative estimate of drug-likeness (QED) is 0.893. The van der Waals surface area contributed by atoms with Crippen molar-refractivity contribution in [2.75, 3.05) is 6.54 Å². The minimum Gasteiger partial charge on any atom is -0.330 e. The van der Waals surface area contributed by atoms with E-state index in [1.807, 2.05) is 0 Å². The number of thiazole rings is 1. The summed E-state index contributed by atoms with van der Waals surface area (Å²) in [4.78, 5) is 5.90. The van der Waals surface area contributed by atoms with Crippen LogP contribution in [0.5, 0.6) is 0 Å². The van der Waals surface area contributed by atoms with Crippen molar-refractivity contribution in [2.24, 2.45) is 11.7 Å². The largest absolute Gasteiger partial charge is 0.330 e. The molecule has 2 aromatic rings. The van der Waals surface area contributed by atoms with Crippen molar-refractivity contribution >= 4 is 38.6 Å². The molecule has 5 heteroatoms. The predicted molar refractivity (Wildman–Crippen MR) is 79.7 cm³/mol. The first-order valence-electron chi connectivity index (χ1n) is 5.61. The smallest absolute Gasteiger partial charge is 0.0936 e. The van der Waals surface area contributed by atoms with Crippen molar-refractivity contribution < 1.29 is 0 Å². The summed E-state index contributed by atoms with van der Waals surface area (Å²) in [7, 11) is 0. The van der Waals surface area contributed by atoms with E-state index in [1.165, 1.54) is 9.88 Å². The molecule has 2 heterocycles. The second-order valence-electron chi connectivity index (χ2n) is 3.97. The van der Waals surface area contributed by atoms with Crippen molar-refractivity contribution in [3.63, 3.8) is 0 Å². The molecule has 1 unspecified atom stereocenters. The molecule has 0 fully saturated rings. The van der Waals surface area contributed by atoms with Gasteiger partial charge in [-0.3, -0.25) is 0 Å². The van der Waals surface area contributed by atoms with Crippen molar-refractivity contribution in [3.05, 3.63) is 26.3 Å². The number of rotatable bonds is 5. The molecular formula is C12H15BrN2S2. The third-order valence-corrected chi connectivity index (χ3v) is 5.33. The molecule has 0 aliphatic carbocycles. The van der Waals surface area contributed by atoms with Crippen molar-refractivity contribution in [2.45, 2.75) is 19.8 Å². The normalized spacial score (nSPS) is 12.9.